The van der Waals surface area contributed by atoms with Gasteiger partial charge in [-0.2, -0.15) is 18.3 Å². The molecule has 0 bridgehead atoms. The zero-order valence-electron chi connectivity index (χ0n) is 22.5. The molecule has 0 N–H and O–H groups in total. The first-order valence-corrected chi connectivity index (χ1v) is 16.8. The molecule has 191 valence electrons. The molecule has 3 nitrogen and oxygen atoms in total. The molecule has 8 rings (SSSR count). The maximum absolute atomic E-state index is 5.31. The van der Waals surface area contributed by atoms with Gasteiger partial charge in [0.25, 0.3) is 0 Å². The Hall–Kier alpha value is -4.80. The molecule has 0 aliphatic carbocycles. The van der Waals surface area contributed by atoms with Crippen LogP contribution < -0.4 is 10.5 Å². The van der Waals surface area contributed by atoms with Crippen LogP contribution in [0.25, 0.3) is 61.3 Å². The molecule has 0 atom stereocenters. The van der Waals surface area contributed by atoms with Crippen molar-refractivity contribution in [3.05, 3.63) is 127 Å². The first-order valence-electron chi connectivity index (χ1n) is 13.8. The van der Waals surface area contributed by atoms with Crippen molar-refractivity contribution >= 4 is 40.4 Å². The summed E-state index contributed by atoms with van der Waals surface area (Å²) in [5.41, 5.74) is 9.26. The number of para-hydroxylation sites is 2. The molecule has 0 amide bonds. The van der Waals surface area contributed by atoms with E-state index in [1.807, 2.05) is 6.07 Å². The minimum Gasteiger partial charge on any atom is -0.309 e. The van der Waals surface area contributed by atoms with Crippen molar-refractivity contribution in [2.75, 3.05) is 0 Å². The second kappa shape index (κ2) is 8.60. The maximum atomic E-state index is 5.31. The number of fused-ring (bicyclic) bond motifs is 6. The van der Waals surface area contributed by atoms with Gasteiger partial charge >= 0.3 is 0 Å². The Bertz CT molecular complexity index is 2080. The molecule has 3 heterocycles. The Kier molecular flexibility index (Phi) is 4.97. The summed E-state index contributed by atoms with van der Waals surface area (Å²) in [5, 5.41) is 5.14. The normalized spacial score (nSPS) is 13.4. The highest BCUT2D eigenvalue weighted by atomic mass is 28.3. The van der Waals surface area contributed by atoms with E-state index in [1.54, 1.807) is 0 Å². The van der Waals surface area contributed by atoms with Crippen LogP contribution in [0.4, 0.5) is 0 Å². The van der Waals surface area contributed by atoms with Crippen molar-refractivity contribution < 1.29 is 0 Å². The van der Waals surface area contributed by atoms with Crippen LogP contribution in [-0.4, -0.2) is 22.6 Å². The summed E-state index contributed by atoms with van der Waals surface area (Å²) in [4.78, 5) is 10.6. The first kappa shape index (κ1) is 23.1. The van der Waals surface area contributed by atoms with Crippen molar-refractivity contribution in [3.63, 3.8) is 0 Å². The van der Waals surface area contributed by atoms with E-state index < -0.39 is 8.07 Å². The predicted molar refractivity (Wildman–Crippen MR) is 169 cm³/mol. The number of aromatic nitrogens is 3. The van der Waals surface area contributed by atoms with Crippen molar-refractivity contribution in [1.29, 1.82) is 0 Å². The fraction of sp³-hybridized carbons (Fsp3) is 0.0556. The molecular weight excluding hydrogens is 503 g/mol. The zero-order chi connectivity index (χ0) is 26.8. The Balaban J connectivity index is 1.44. The molecule has 5 aromatic carbocycles. The molecule has 0 saturated carbocycles. The summed E-state index contributed by atoms with van der Waals surface area (Å²) in [6.07, 6.45) is 0. The zero-order valence-corrected chi connectivity index (χ0v) is 23.5. The van der Waals surface area contributed by atoms with E-state index in [-0.39, 0.29) is 0 Å². The molecule has 40 heavy (non-hydrogen) atoms. The van der Waals surface area contributed by atoms with Crippen molar-refractivity contribution in [1.82, 2.24) is 14.5 Å². The fourth-order valence-corrected chi connectivity index (χ4v) is 9.36. The van der Waals surface area contributed by atoms with E-state index >= 15 is 0 Å². The molecule has 7 aromatic rings. The summed E-state index contributed by atoms with van der Waals surface area (Å²) in [7, 11) is -2.00. The van der Waals surface area contributed by atoms with Gasteiger partial charge in [0.05, 0.1) is 16.7 Å². The van der Waals surface area contributed by atoms with Crippen LogP contribution in [0.2, 0.25) is 13.1 Å². The molecule has 0 radical (unpaired) electrons. The van der Waals surface area contributed by atoms with Gasteiger partial charge in [0.15, 0.2) is 5.82 Å². The molecule has 2 aromatic heterocycles. The van der Waals surface area contributed by atoms with E-state index in [9.17, 15) is 0 Å². The third kappa shape index (κ3) is 3.29. The Morgan fingerprint density at radius 2 is 1.25 bits per heavy atom. The highest BCUT2D eigenvalue weighted by Crippen LogP contribution is 2.39. The van der Waals surface area contributed by atoms with Gasteiger partial charge < -0.3 is 4.57 Å². The third-order valence-electron chi connectivity index (χ3n) is 8.36. The lowest BCUT2D eigenvalue weighted by Crippen LogP contribution is -2.50. The largest absolute Gasteiger partial charge is 0.309 e. The van der Waals surface area contributed by atoms with Gasteiger partial charge in [-0.25, -0.2) is 4.98 Å². The summed E-state index contributed by atoms with van der Waals surface area (Å²) >= 11 is 0. The van der Waals surface area contributed by atoms with E-state index in [0.29, 0.717) is 0 Å². The van der Waals surface area contributed by atoms with Crippen LogP contribution in [0.15, 0.2) is 127 Å². The van der Waals surface area contributed by atoms with Crippen LogP contribution >= 0.6 is 0 Å². The molecule has 1 aliphatic rings. The topological polar surface area (TPSA) is 30.7 Å². The monoisotopic (exact) mass is 529 g/mol. The second-order valence-electron chi connectivity index (χ2n) is 11.1. The van der Waals surface area contributed by atoms with Gasteiger partial charge in [0, 0.05) is 27.6 Å². The number of hydrogen-bond donors (Lipinski definition) is 0. The number of nitrogens with zero attached hydrogens (tertiary/aromatic N) is 3. The molecule has 0 saturated heterocycles. The molecule has 0 spiro atoms. The summed E-state index contributed by atoms with van der Waals surface area (Å²) in [5.74, 6) is 0.801. The van der Waals surface area contributed by atoms with Gasteiger partial charge in [-0.3, -0.25) is 4.98 Å². The summed E-state index contributed by atoms with van der Waals surface area (Å²) in [6.45, 7) is 4.83. The molecule has 1 aliphatic heterocycles. The highest BCUT2D eigenvalue weighted by molar-refractivity contribution is 7.03. The quantitative estimate of drug-likeness (QED) is 0.220. The summed E-state index contributed by atoms with van der Waals surface area (Å²) in [6, 6.07) is 45.4. The molecule has 4 heteroatoms. The minimum atomic E-state index is -2.00. The predicted octanol–water partition coefficient (Wildman–Crippen LogP) is 7.71. The fourth-order valence-electron chi connectivity index (χ4n) is 6.44. The SMILES string of the molecule is C[Si-]1(C)c2ccccc2-c2c(-c3ccc4c(c3)c3ccccc3n4-c3ccccc3)nc(-c3ccccc3)nc21. The van der Waals surface area contributed by atoms with E-state index in [0.717, 1.165) is 28.3 Å². The standard InChI is InChI=1S/C36H27N3Si/c1-40(2)32-20-12-10-18-28(32)33-34(37-35(38-36(33)40)24-13-5-3-6-14-24)25-21-22-31-29(23-25)27-17-9-11-19-30(27)39(31)26-15-7-4-8-16-26/h3-23H,1-2H3/q-1. The van der Waals surface area contributed by atoms with Gasteiger partial charge in [-0.15, -0.1) is 0 Å². The lowest BCUT2D eigenvalue weighted by Gasteiger charge is -2.30. The first-order chi connectivity index (χ1) is 19.6. The lowest BCUT2D eigenvalue weighted by atomic mass is 9.99. The van der Waals surface area contributed by atoms with E-state index in [2.05, 4.69) is 139 Å². The number of benzene rings is 5. The third-order valence-corrected chi connectivity index (χ3v) is 11.7. The number of hydrogen-bond acceptors (Lipinski definition) is 2. The van der Waals surface area contributed by atoms with Gasteiger partial charge in [-0.05, 0) is 41.5 Å². The van der Waals surface area contributed by atoms with Crippen LogP contribution in [0.3, 0.4) is 0 Å². The highest BCUT2D eigenvalue weighted by Gasteiger charge is 2.32. The Labute approximate surface area is 234 Å². The van der Waals surface area contributed by atoms with Crippen molar-refractivity contribution in [3.8, 4) is 39.5 Å². The average molecular weight is 530 g/mol. The molecule has 0 fully saturated rings. The van der Waals surface area contributed by atoms with Gasteiger partial charge in [0.1, 0.15) is 0 Å². The second-order valence-corrected chi connectivity index (χ2v) is 15.3. The molecular formula is C36H27N3Si-. The van der Waals surface area contributed by atoms with Gasteiger partial charge in [0.2, 0.25) is 0 Å². The van der Waals surface area contributed by atoms with Crippen LogP contribution in [0.5, 0.6) is 0 Å². The van der Waals surface area contributed by atoms with Crippen molar-refractivity contribution in [2.24, 2.45) is 0 Å². The van der Waals surface area contributed by atoms with Crippen molar-refractivity contribution in [2.45, 2.75) is 13.1 Å². The van der Waals surface area contributed by atoms with E-state index in [1.165, 1.54) is 43.4 Å². The molecule has 0 unspecified atom stereocenters. The Morgan fingerprint density at radius 3 is 2.08 bits per heavy atom. The minimum absolute atomic E-state index is 0.801. The average Bonchev–Trinajstić information content (AvgIpc) is 3.46. The Morgan fingerprint density at radius 1 is 0.575 bits per heavy atom. The van der Waals surface area contributed by atoms with E-state index in [4.69, 9.17) is 9.97 Å². The van der Waals surface area contributed by atoms with Crippen LogP contribution in [0, 0.1) is 0 Å². The smallest absolute Gasteiger partial charge is 0.157 e. The van der Waals surface area contributed by atoms with Crippen LogP contribution in [0.1, 0.15) is 0 Å². The summed E-state index contributed by atoms with van der Waals surface area (Å²) < 4.78 is 2.36. The lowest BCUT2D eigenvalue weighted by molar-refractivity contribution is 1.18. The maximum Gasteiger partial charge on any atom is 0.157 e. The number of rotatable bonds is 3. The van der Waals surface area contributed by atoms with Crippen LogP contribution in [-0.2, 0) is 0 Å². The van der Waals surface area contributed by atoms with Gasteiger partial charge in [-0.1, -0.05) is 110 Å².